The number of benzene rings is 3. The van der Waals surface area contributed by atoms with Gasteiger partial charge in [-0.2, -0.15) is 0 Å². The molecule has 9 nitrogen and oxygen atoms in total. The Kier molecular flexibility index (Phi) is 7.94. The minimum absolute atomic E-state index is 0.00236. The summed E-state index contributed by atoms with van der Waals surface area (Å²) in [6.45, 7) is 1.89. The Morgan fingerprint density at radius 3 is 2.62 bits per heavy atom. The van der Waals surface area contributed by atoms with E-state index in [0.29, 0.717) is 53.4 Å². The number of nitrogens with one attached hydrogen (secondary N) is 2. The van der Waals surface area contributed by atoms with Crippen molar-refractivity contribution in [2.24, 2.45) is 0 Å². The molecule has 10 heteroatoms. The van der Waals surface area contributed by atoms with E-state index < -0.39 is 6.10 Å². The van der Waals surface area contributed by atoms with Crippen LogP contribution in [0.5, 0.6) is 11.5 Å². The fourth-order valence-corrected chi connectivity index (χ4v) is 5.00. The maximum Gasteiger partial charge on any atom is 0.326 e. The van der Waals surface area contributed by atoms with Gasteiger partial charge in [-0.15, -0.1) is 0 Å². The number of hydrogen-bond donors (Lipinski definition) is 3. The van der Waals surface area contributed by atoms with Crippen LogP contribution in [0.3, 0.4) is 0 Å². The Morgan fingerprint density at radius 2 is 1.87 bits per heavy atom. The molecule has 3 aromatic carbocycles. The quantitative estimate of drug-likeness (QED) is 0.301. The van der Waals surface area contributed by atoms with Crippen molar-refractivity contribution < 1.29 is 23.8 Å². The molecule has 2 heterocycles. The van der Waals surface area contributed by atoms with Crippen molar-refractivity contribution in [3.05, 3.63) is 88.6 Å². The Bertz CT molecular complexity index is 1490. The summed E-state index contributed by atoms with van der Waals surface area (Å²) in [6.07, 6.45) is 0.724. The van der Waals surface area contributed by atoms with Gasteiger partial charge in [0.15, 0.2) is 0 Å². The third-order valence-electron chi connectivity index (χ3n) is 6.99. The number of nitrogens with zero attached hydrogens (tertiary/aromatic N) is 2. The zero-order valence-corrected chi connectivity index (χ0v) is 21.6. The molecule has 1 aliphatic heterocycles. The van der Waals surface area contributed by atoms with Gasteiger partial charge in [-0.05, 0) is 67.4 Å². The molecule has 1 atom stereocenters. The molecular weight excluding hydrogens is 503 g/mol. The minimum atomic E-state index is -0.745. The standard InChI is InChI=1S/C29H31FN4O5/c1-38-23-9-6-19(7-10-23)28(36)31-24-4-2-3-5-27(24)39-18-22(35)17-33-14-12-21(13-15-33)34-26-11-8-20(30)16-25(26)32-29(34)37/h2-11,16,21-22,35H,12-15,17-18H2,1H3,(H,31,36)(H,32,37). The number of amides is 1. The zero-order valence-electron chi connectivity index (χ0n) is 21.6. The van der Waals surface area contributed by atoms with E-state index >= 15 is 0 Å². The summed E-state index contributed by atoms with van der Waals surface area (Å²) in [4.78, 5) is 30.1. The van der Waals surface area contributed by atoms with Gasteiger partial charge in [0.05, 0.1) is 23.8 Å². The molecule has 4 aromatic rings. The summed E-state index contributed by atoms with van der Waals surface area (Å²) in [7, 11) is 1.57. The van der Waals surface area contributed by atoms with E-state index in [1.807, 2.05) is 0 Å². The third kappa shape index (κ3) is 6.13. The molecule has 5 rings (SSSR count). The fourth-order valence-electron chi connectivity index (χ4n) is 5.00. The molecule has 1 unspecified atom stereocenters. The second-order valence-electron chi connectivity index (χ2n) is 9.64. The number of piperidine rings is 1. The van der Waals surface area contributed by atoms with Crippen LogP contribution < -0.4 is 20.5 Å². The molecule has 0 radical (unpaired) electrons. The molecule has 1 amide bonds. The van der Waals surface area contributed by atoms with Gasteiger partial charge in [0.1, 0.15) is 30.0 Å². The summed E-state index contributed by atoms with van der Waals surface area (Å²) in [5.74, 6) is 0.463. The van der Waals surface area contributed by atoms with Gasteiger partial charge in [0, 0.05) is 31.2 Å². The van der Waals surface area contributed by atoms with Gasteiger partial charge >= 0.3 is 5.69 Å². The topological polar surface area (TPSA) is 109 Å². The largest absolute Gasteiger partial charge is 0.497 e. The fraction of sp³-hybridized carbons (Fsp3) is 0.310. The highest BCUT2D eigenvalue weighted by Gasteiger charge is 2.25. The highest BCUT2D eigenvalue weighted by molar-refractivity contribution is 6.05. The van der Waals surface area contributed by atoms with Crippen molar-refractivity contribution in [3.8, 4) is 11.5 Å². The van der Waals surface area contributed by atoms with Crippen LogP contribution in [0.4, 0.5) is 10.1 Å². The maximum atomic E-state index is 13.5. The number of methoxy groups -OCH3 is 1. The lowest BCUT2D eigenvalue weighted by Crippen LogP contribution is -2.42. The first-order valence-corrected chi connectivity index (χ1v) is 12.9. The van der Waals surface area contributed by atoms with Gasteiger partial charge in [-0.3, -0.25) is 9.36 Å². The summed E-state index contributed by atoms with van der Waals surface area (Å²) in [5.41, 5.74) is 1.95. The second-order valence-corrected chi connectivity index (χ2v) is 9.64. The van der Waals surface area contributed by atoms with Crippen LogP contribution in [0.1, 0.15) is 29.2 Å². The van der Waals surface area contributed by atoms with E-state index in [1.54, 1.807) is 66.3 Å². The number of halogens is 1. The number of ether oxygens (including phenoxy) is 2. The highest BCUT2D eigenvalue weighted by atomic mass is 19.1. The zero-order chi connectivity index (χ0) is 27.4. The first kappa shape index (κ1) is 26.5. The van der Waals surface area contributed by atoms with Crippen LogP contribution in [0.25, 0.3) is 11.0 Å². The number of fused-ring (bicyclic) bond motifs is 1. The number of aromatic amines is 1. The van der Waals surface area contributed by atoms with Crippen molar-refractivity contribution in [1.29, 1.82) is 0 Å². The summed E-state index contributed by atoms with van der Waals surface area (Å²) < 4.78 is 26.3. The number of rotatable bonds is 9. The second kappa shape index (κ2) is 11.7. The van der Waals surface area contributed by atoms with E-state index in [1.165, 1.54) is 12.1 Å². The van der Waals surface area contributed by atoms with Crippen molar-refractivity contribution in [2.75, 3.05) is 38.7 Å². The van der Waals surface area contributed by atoms with E-state index in [-0.39, 0.29) is 30.1 Å². The number of aliphatic hydroxyl groups is 1. The highest BCUT2D eigenvalue weighted by Crippen LogP contribution is 2.27. The van der Waals surface area contributed by atoms with Crippen LogP contribution in [-0.2, 0) is 0 Å². The van der Waals surface area contributed by atoms with Crippen LogP contribution in [0, 0.1) is 5.82 Å². The maximum absolute atomic E-state index is 13.5. The van der Waals surface area contributed by atoms with Crippen molar-refractivity contribution >= 4 is 22.6 Å². The predicted molar refractivity (Wildman–Crippen MR) is 146 cm³/mol. The lowest BCUT2D eigenvalue weighted by molar-refractivity contribution is 0.0561. The number of para-hydroxylation sites is 2. The minimum Gasteiger partial charge on any atom is -0.497 e. The number of imidazole rings is 1. The van der Waals surface area contributed by atoms with Gasteiger partial charge in [0.25, 0.3) is 5.91 Å². The molecule has 1 aromatic heterocycles. The first-order valence-electron chi connectivity index (χ1n) is 12.9. The van der Waals surface area contributed by atoms with Crippen LogP contribution in [0.2, 0.25) is 0 Å². The number of β-amino-alcohol motifs (C(OH)–C–C–N with tert-alkyl or cyclic N) is 1. The first-order chi connectivity index (χ1) is 18.9. The monoisotopic (exact) mass is 534 g/mol. The average Bonchev–Trinajstić information content (AvgIpc) is 3.27. The Balaban J connectivity index is 1.13. The van der Waals surface area contributed by atoms with Gasteiger partial charge in [0.2, 0.25) is 0 Å². The third-order valence-corrected chi connectivity index (χ3v) is 6.99. The van der Waals surface area contributed by atoms with Crippen molar-refractivity contribution in [1.82, 2.24) is 14.5 Å². The molecule has 0 aliphatic carbocycles. The van der Waals surface area contributed by atoms with Gasteiger partial charge in [-0.25, -0.2) is 9.18 Å². The molecule has 1 saturated heterocycles. The lowest BCUT2D eigenvalue weighted by atomic mass is 10.0. The number of carbonyl (C=O) groups is 1. The molecule has 0 spiro atoms. The van der Waals surface area contributed by atoms with E-state index in [2.05, 4.69) is 15.2 Å². The Labute approximate surface area is 224 Å². The molecule has 1 fully saturated rings. The number of aromatic nitrogens is 2. The van der Waals surface area contributed by atoms with E-state index in [0.717, 1.165) is 12.8 Å². The average molecular weight is 535 g/mol. The Morgan fingerprint density at radius 1 is 1.13 bits per heavy atom. The summed E-state index contributed by atoms with van der Waals surface area (Å²) >= 11 is 0. The molecule has 0 saturated carbocycles. The number of H-pyrrole nitrogens is 1. The lowest BCUT2D eigenvalue weighted by Gasteiger charge is -2.33. The smallest absolute Gasteiger partial charge is 0.326 e. The van der Waals surface area contributed by atoms with Crippen molar-refractivity contribution in [2.45, 2.75) is 25.0 Å². The van der Waals surface area contributed by atoms with E-state index in [9.17, 15) is 19.1 Å². The SMILES string of the molecule is COc1ccc(C(=O)Nc2ccccc2OCC(O)CN2CCC(n3c(=O)[nH]c4cc(F)ccc43)CC2)cc1. The predicted octanol–water partition coefficient (Wildman–Crippen LogP) is 3.81. The molecule has 3 N–H and O–H groups in total. The molecule has 1 aliphatic rings. The van der Waals surface area contributed by atoms with Crippen molar-refractivity contribution in [3.63, 3.8) is 0 Å². The van der Waals surface area contributed by atoms with Gasteiger partial charge in [-0.1, -0.05) is 12.1 Å². The number of carbonyl (C=O) groups excluding carboxylic acids is 1. The summed E-state index contributed by atoms with van der Waals surface area (Å²) in [5, 5.41) is 13.5. The van der Waals surface area contributed by atoms with Crippen LogP contribution >= 0.6 is 0 Å². The molecule has 0 bridgehead atoms. The molecular formula is C29H31FN4O5. The molecule has 39 heavy (non-hydrogen) atoms. The molecule has 204 valence electrons. The van der Waals surface area contributed by atoms with Crippen LogP contribution in [0.15, 0.2) is 71.5 Å². The number of hydrogen-bond acceptors (Lipinski definition) is 6. The van der Waals surface area contributed by atoms with Gasteiger partial charge < -0.3 is 29.8 Å². The van der Waals surface area contributed by atoms with Crippen LogP contribution in [-0.4, -0.2) is 64.9 Å². The van der Waals surface area contributed by atoms with E-state index in [4.69, 9.17) is 9.47 Å². The Hall–Kier alpha value is -4.15. The number of anilines is 1. The summed E-state index contributed by atoms with van der Waals surface area (Å²) in [6, 6.07) is 18.2. The normalized spacial score (nSPS) is 15.3. The number of aliphatic hydroxyl groups excluding tert-OH is 1. The number of likely N-dealkylation sites (tertiary alicyclic amines) is 1.